The van der Waals surface area contributed by atoms with E-state index in [4.69, 9.17) is 17.3 Å². The van der Waals surface area contributed by atoms with Crippen molar-refractivity contribution < 1.29 is 4.79 Å². The minimum absolute atomic E-state index is 0.204. The molecule has 5 heteroatoms. The molecule has 0 aliphatic carbocycles. The highest BCUT2D eigenvalue weighted by Crippen LogP contribution is 2.21. The molecule has 4 nitrogen and oxygen atoms in total. The molecule has 0 aliphatic rings. The summed E-state index contributed by atoms with van der Waals surface area (Å²) in [5.41, 5.74) is 7.02. The maximum absolute atomic E-state index is 11.8. The molecule has 1 aromatic rings. The van der Waals surface area contributed by atoms with Gasteiger partial charge < -0.3 is 5.73 Å². The van der Waals surface area contributed by atoms with Gasteiger partial charge >= 0.3 is 0 Å². The molecule has 0 amide bonds. The smallest absolute Gasteiger partial charge is 0.138 e. The number of nitrogens with two attached hydrogens (primary N) is 1. The highest BCUT2D eigenvalue weighted by Gasteiger charge is 2.15. The summed E-state index contributed by atoms with van der Waals surface area (Å²) in [5, 5.41) is 4.91. The van der Waals surface area contributed by atoms with Crippen molar-refractivity contribution in [2.45, 2.75) is 46.1 Å². The van der Waals surface area contributed by atoms with Crippen LogP contribution in [0.5, 0.6) is 0 Å². The van der Waals surface area contributed by atoms with Crippen LogP contribution >= 0.6 is 11.6 Å². The highest BCUT2D eigenvalue weighted by atomic mass is 35.5. The minimum atomic E-state index is 0.204. The third kappa shape index (κ3) is 3.82. The third-order valence-electron chi connectivity index (χ3n) is 2.73. The fourth-order valence-corrected chi connectivity index (χ4v) is 1.98. The Labute approximate surface area is 107 Å². The molecule has 0 bridgehead atoms. The van der Waals surface area contributed by atoms with Gasteiger partial charge in [0, 0.05) is 19.4 Å². The molecule has 1 rings (SSSR count). The van der Waals surface area contributed by atoms with E-state index in [2.05, 4.69) is 5.10 Å². The van der Waals surface area contributed by atoms with E-state index in [-0.39, 0.29) is 5.78 Å². The first kappa shape index (κ1) is 14.2. The Bertz CT molecular complexity index is 387. The van der Waals surface area contributed by atoms with E-state index in [0.717, 1.165) is 30.8 Å². The number of aromatic nitrogens is 2. The number of carbonyl (C=O) groups excluding carboxylic acids is 1. The van der Waals surface area contributed by atoms with Crippen LogP contribution in [0.25, 0.3) is 0 Å². The zero-order valence-electron chi connectivity index (χ0n) is 10.5. The van der Waals surface area contributed by atoms with Gasteiger partial charge in [-0.1, -0.05) is 11.6 Å². The SMILES string of the molecule is CCn1nc(C)c(Cl)c1CC(=O)CCCCN. The number of Topliss-reactive ketones (excluding diaryl/α,β-unsaturated/α-hetero) is 1. The van der Waals surface area contributed by atoms with Crippen molar-refractivity contribution in [3.05, 3.63) is 16.4 Å². The molecular weight excluding hydrogens is 238 g/mol. The Kier molecular flexibility index (Phi) is 5.65. The van der Waals surface area contributed by atoms with Crippen molar-refractivity contribution in [2.24, 2.45) is 5.73 Å². The van der Waals surface area contributed by atoms with Crippen LogP contribution in [0.4, 0.5) is 0 Å². The monoisotopic (exact) mass is 257 g/mol. The largest absolute Gasteiger partial charge is 0.330 e. The van der Waals surface area contributed by atoms with E-state index in [1.54, 1.807) is 4.68 Å². The van der Waals surface area contributed by atoms with Crippen LogP contribution in [0, 0.1) is 6.92 Å². The van der Waals surface area contributed by atoms with Crippen LogP contribution in [-0.2, 0) is 17.8 Å². The van der Waals surface area contributed by atoms with Crippen LogP contribution in [0.1, 0.15) is 37.6 Å². The maximum atomic E-state index is 11.8. The van der Waals surface area contributed by atoms with E-state index in [1.807, 2.05) is 13.8 Å². The first-order valence-corrected chi connectivity index (χ1v) is 6.41. The van der Waals surface area contributed by atoms with Gasteiger partial charge in [0.05, 0.1) is 16.4 Å². The topological polar surface area (TPSA) is 60.9 Å². The lowest BCUT2D eigenvalue weighted by Crippen LogP contribution is -2.10. The first-order valence-electron chi connectivity index (χ1n) is 6.03. The summed E-state index contributed by atoms with van der Waals surface area (Å²) >= 11 is 6.14. The first-order chi connectivity index (χ1) is 8.10. The van der Waals surface area contributed by atoms with Gasteiger partial charge in [-0.05, 0) is 33.2 Å². The molecule has 2 N–H and O–H groups in total. The predicted molar refractivity (Wildman–Crippen MR) is 69.3 cm³/mol. The number of carbonyl (C=O) groups is 1. The van der Waals surface area contributed by atoms with Gasteiger partial charge in [0.1, 0.15) is 5.78 Å². The Morgan fingerprint density at radius 3 is 2.76 bits per heavy atom. The lowest BCUT2D eigenvalue weighted by atomic mass is 10.1. The zero-order chi connectivity index (χ0) is 12.8. The molecule has 17 heavy (non-hydrogen) atoms. The maximum Gasteiger partial charge on any atom is 0.138 e. The normalized spacial score (nSPS) is 10.8. The number of unbranched alkanes of at least 4 members (excludes halogenated alkanes) is 1. The lowest BCUT2D eigenvalue weighted by Gasteiger charge is -2.04. The Hall–Kier alpha value is -0.870. The van der Waals surface area contributed by atoms with Crippen molar-refractivity contribution in [3.63, 3.8) is 0 Å². The number of aryl methyl sites for hydroxylation is 2. The molecule has 0 saturated heterocycles. The van der Waals surface area contributed by atoms with E-state index >= 15 is 0 Å². The fraction of sp³-hybridized carbons (Fsp3) is 0.667. The number of hydrogen-bond acceptors (Lipinski definition) is 3. The number of hydrogen-bond donors (Lipinski definition) is 1. The molecule has 0 saturated carbocycles. The van der Waals surface area contributed by atoms with Crippen LogP contribution in [0.2, 0.25) is 5.02 Å². The summed E-state index contributed by atoms with van der Waals surface area (Å²) in [6.07, 6.45) is 2.69. The Balaban J connectivity index is 2.64. The van der Waals surface area contributed by atoms with Gasteiger partial charge in [-0.25, -0.2) is 0 Å². The van der Waals surface area contributed by atoms with Gasteiger partial charge in [-0.15, -0.1) is 0 Å². The van der Waals surface area contributed by atoms with Gasteiger partial charge in [0.25, 0.3) is 0 Å². The molecule has 1 aromatic heterocycles. The molecule has 0 radical (unpaired) electrons. The molecule has 96 valence electrons. The number of nitrogens with zero attached hydrogens (tertiary/aromatic N) is 2. The van der Waals surface area contributed by atoms with Crippen molar-refractivity contribution in [1.82, 2.24) is 9.78 Å². The molecule has 0 fully saturated rings. The number of ketones is 1. The second-order valence-electron chi connectivity index (χ2n) is 4.12. The lowest BCUT2D eigenvalue weighted by molar-refractivity contribution is -0.118. The van der Waals surface area contributed by atoms with Crippen molar-refractivity contribution in [3.8, 4) is 0 Å². The van der Waals surface area contributed by atoms with Crippen LogP contribution in [-0.4, -0.2) is 22.1 Å². The summed E-state index contributed by atoms with van der Waals surface area (Å²) in [4.78, 5) is 11.8. The predicted octanol–water partition coefficient (Wildman–Crippen LogP) is 2.11. The third-order valence-corrected chi connectivity index (χ3v) is 3.22. The molecule has 1 heterocycles. The fourth-order valence-electron chi connectivity index (χ4n) is 1.78. The Morgan fingerprint density at radius 2 is 2.18 bits per heavy atom. The summed E-state index contributed by atoms with van der Waals surface area (Å²) in [6, 6.07) is 0. The zero-order valence-corrected chi connectivity index (χ0v) is 11.3. The van der Waals surface area contributed by atoms with Gasteiger partial charge in [0.2, 0.25) is 0 Å². The van der Waals surface area contributed by atoms with Crippen LogP contribution in [0.15, 0.2) is 0 Å². The summed E-state index contributed by atoms with van der Waals surface area (Å²) < 4.78 is 1.80. The van der Waals surface area contributed by atoms with Crippen molar-refractivity contribution in [2.75, 3.05) is 6.54 Å². The second kappa shape index (κ2) is 6.77. The van der Waals surface area contributed by atoms with Gasteiger partial charge in [0.15, 0.2) is 0 Å². The highest BCUT2D eigenvalue weighted by molar-refractivity contribution is 6.32. The number of halogens is 1. The van der Waals surface area contributed by atoms with Crippen molar-refractivity contribution >= 4 is 17.4 Å². The number of rotatable bonds is 7. The van der Waals surface area contributed by atoms with Crippen LogP contribution in [0.3, 0.4) is 0 Å². The van der Waals surface area contributed by atoms with Gasteiger partial charge in [-0.2, -0.15) is 5.10 Å². The summed E-state index contributed by atoms with van der Waals surface area (Å²) in [7, 11) is 0. The second-order valence-corrected chi connectivity index (χ2v) is 4.50. The molecule has 0 unspecified atom stereocenters. The molecule has 0 spiro atoms. The average Bonchev–Trinajstić information content (AvgIpc) is 2.57. The van der Waals surface area contributed by atoms with Crippen molar-refractivity contribution in [1.29, 1.82) is 0 Å². The summed E-state index contributed by atoms with van der Waals surface area (Å²) in [6.45, 7) is 5.22. The molecule has 0 aliphatic heterocycles. The van der Waals surface area contributed by atoms with Gasteiger partial charge in [-0.3, -0.25) is 9.48 Å². The Morgan fingerprint density at radius 1 is 1.47 bits per heavy atom. The quantitative estimate of drug-likeness (QED) is 0.761. The average molecular weight is 258 g/mol. The minimum Gasteiger partial charge on any atom is -0.330 e. The standard InChI is InChI=1S/C12H20ClN3O/c1-3-16-11(12(13)9(2)15-16)8-10(17)6-4-5-7-14/h3-8,14H2,1-2H3. The van der Waals surface area contributed by atoms with Crippen LogP contribution < -0.4 is 5.73 Å². The van der Waals surface area contributed by atoms with E-state index in [0.29, 0.717) is 24.4 Å². The summed E-state index contributed by atoms with van der Waals surface area (Å²) in [5.74, 6) is 0.204. The van der Waals surface area contributed by atoms with E-state index in [9.17, 15) is 4.79 Å². The molecule has 0 atom stereocenters. The molecule has 0 aromatic carbocycles. The van der Waals surface area contributed by atoms with E-state index in [1.165, 1.54) is 0 Å². The molecular formula is C12H20ClN3O. The van der Waals surface area contributed by atoms with E-state index < -0.39 is 0 Å².